The first-order valence-electron chi connectivity index (χ1n) is 9.80. The van der Waals surface area contributed by atoms with Crippen LogP contribution in [0.15, 0.2) is 17.6 Å². The van der Waals surface area contributed by atoms with Gasteiger partial charge in [-0.05, 0) is 39.8 Å². The summed E-state index contributed by atoms with van der Waals surface area (Å²) in [5.74, 6) is -1.87. The zero-order valence-corrected chi connectivity index (χ0v) is 18.6. The molecule has 0 saturated carbocycles. The van der Waals surface area contributed by atoms with Gasteiger partial charge in [-0.3, -0.25) is 9.69 Å². The van der Waals surface area contributed by atoms with Gasteiger partial charge in [0.2, 0.25) is 5.91 Å². The van der Waals surface area contributed by atoms with Crippen molar-refractivity contribution in [2.24, 2.45) is 0 Å². The summed E-state index contributed by atoms with van der Waals surface area (Å²) in [6.45, 7) is 6.49. The molecule has 31 heavy (non-hydrogen) atoms. The fraction of sp³-hybridized carbons (Fsp3) is 0.476. The molecule has 168 valence electrons. The first-order chi connectivity index (χ1) is 14.5. The number of aliphatic hydroxyl groups excluding tert-OH is 1. The number of aryl methyl sites for hydroxylation is 1. The number of β-amino-alcohol motifs (C(OH)–C–C–N with tert-alkyl or cyclic N) is 1. The van der Waals surface area contributed by atoms with Gasteiger partial charge in [0, 0.05) is 24.1 Å². The summed E-state index contributed by atoms with van der Waals surface area (Å²) >= 11 is 1.21. The van der Waals surface area contributed by atoms with E-state index >= 15 is 0 Å². The van der Waals surface area contributed by atoms with E-state index < -0.39 is 41.4 Å². The van der Waals surface area contributed by atoms with Gasteiger partial charge >= 0.3 is 6.09 Å². The molecule has 1 saturated heterocycles. The van der Waals surface area contributed by atoms with Crippen molar-refractivity contribution in [3.63, 3.8) is 0 Å². The third-order valence-electron chi connectivity index (χ3n) is 4.79. The molecular formula is C21H25F2N3O4S. The predicted molar refractivity (Wildman–Crippen MR) is 111 cm³/mol. The molecule has 1 aromatic carbocycles. The standard InChI is InChI=1S/C21H25F2N3O4S/c1-11-18(31-10-25-11)14-7-15(22)12(5-16(14)23)8-24-19(28)17-6-13(27)9-26(17)20(29)30-21(2,3)4/h5,7,10,13,17,27H,6,8-9H2,1-4H3,(H,24,28)/t13-,17+/m1/s1. The number of carbonyl (C=O) groups is 2. The summed E-state index contributed by atoms with van der Waals surface area (Å²) < 4.78 is 34.4. The second-order valence-electron chi connectivity index (χ2n) is 8.45. The minimum atomic E-state index is -0.961. The van der Waals surface area contributed by atoms with Gasteiger partial charge in [0.05, 0.1) is 28.7 Å². The first-order valence-corrected chi connectivity index (χ1v) is 10.7. The number of benzene rings is 1. The molecule has 2 heterocycles. The maximum Gasteiger partial charge on any atom is 0.411 e. The summed E-state index contributed by atoms with van der Waals surface area (Å²) in [5, 5.41) is 12.5. The number of thiazole rings is 1. The molecule has 0 aliphatic carbocycles. The van der Waals surface area contributed by atoms with E-state index in [1.807, 2.05) is 0 Å². The van der Waals surface area contributed by atoms with Gasteiger partial charge in [-0.1, -0.05) is 0 Å². The smallest absolute Gasteiger partial charge is 0.411 e. The Balaban J connectivity index is 1.70. The zero-order chi connectivity index (χ0) is 22.9. The molecular weight excluding hydrogens is 428 g/mol. The zero-order valence-electron chi connectivity index (χ0n) is 17.7. The topological polar surface area (TPSA) is 91.8 Å². The number of amides is 2. The number of nitrogens with zero attached hydrogens (tertiary/aromatic N) is 2. The molecule has 0 radical (unpaired) electrons. The Bertz CT molecular complexity index is 989. The highest BCUT2D eigenvalue weighted by Gasteiger charge is 2.40. The highest BCUT2D eigenvalue weighted by atomic mass is 32.1. The Morgan fingerprint density at radius 3 is 2.65 bits per heavy atom. The Morgan fingerprint density at radius 1 is 1.32 bits per heavy atom. The molecule has 2 aromatic rings. The summed E-state index contributed by atoms with van der Waals surface area (Å²) in [5.41, 5.74) is 1.49. The Morgan fingerprint density at radius 2 is 2.03 bits per heavy atom. The molecule has 3 rings (SSSR count). The van der Waals surface area contributed by atoms with Crippen molar-refractivity contribution >= 4 is 23.3 Å². The van der Waals surface area contributed by atoms with Crippen LogP contribution in [0.1, 0.15) is 38.4 Å². The summed E-state index contributed by atoms with van der Waals surface area (Å²) in [7, 11) is 0. The van der Waals surface area contributed by atoms with Crippen molar-refractivity contribution in [1.29, 1.82) is 0 Å². The van der Waals surface area contributed by atoms with Gasteiger partial charge in [0.1, 0.15) is 23.3 Å². The second kappa shape index (κ2) is 8.88. The number of aliphatic hydroxyl groups is 1. The van der Waals surface area contributed by atoms with Crippen LogP contribution in [-0.4, -0.2) is 51.3 Å². The van der Waals surface area contributed by atoms with E-state index in [1.54, 1.807) is 33.2 Å². The average molecular weight is 454 g/mol. The van der Waals surface area contributed by atoms with Gasteiger partial charge in [-0.15, -0.1) is 11.3 Å². The number of likely N-dealkylation sites (tertiary alicyclic amines) is 1. The molecule has 2 atom stereocenters. The number of aromatic nitrogens is 1. The lowest BCUT2D eigenvalue weighted by Crippen LogP contribution is -2.47. The monoisotopic (exact) mass is 453 g/mol. The average Bonchev–Trinajstić information content (AvgIpc) is 3.26. The van der Waals surface area contributed by atoms with Crippen molar-refractivity contribution in [3.05, 3.63) is 40.5 Å². The normalized spacial score (nSPS) is 18.9. The number of halogens is 2. The molecule has 7 nitrogen and oxygen atoms in total. The van der Waals surface area contributed by atoms with Gasteiger partial charge in [0.25, 0.3) is 0 Å². The predicted octanol–water partition coefficient (Wildman–Crippen LogP) is 3.38. The highest BCUT2D eigenvalue weighted by molar-refractivity contribution is 7.13. The van der Waals surface area contributed by atoms with Crippen LogP contribution in [0.25, 0.3) is 10.4 Å². The number of rotatable bonds is 4. The third kappa shape index (κ3) is 5.37. The van der Waals surface area contributed by atoms with Crippen LogP contribution in [0.3, 0.4) is 0 Å². The molecule has 1 aliphatic heterocycles. The van der Waals surface area contributed by atoms with Crippen molar-refractivity contribution in [3.8, 4) is 10.4 Å². The maximum atomic E-state index is 14.6. The lowest BCUT2D eigenvalue weighted by atomic mass is 10.1. The Kier molecular flexibility index (Phi) is 6.61. The first kappa shape index (κ1) is 23.1. The largest absolute Gasteiger partial charge is 0.444 e. The molecule has 0 unspecified atom stereocenters. The Hall–Kier alpha value is -2.59. The van der Waals surface area contributed by atoms with Gasteiger partial charge in [-0.25, -0.2) is 18.6 Å². The highest BCUT2D eigenvalue weighted by Crippen LogP contribution is 2.31. The maximum absolute atomic E-state index is 14.6. The van der Waals surface area contributed by atoms with Gasteiger partial charge in [-0.2, -0.15) is 0 Å². The van der Waals surface area contributed by atoms with Crippen LogP contribution in [0.4, 0.5) is 13.6 Å². The number of hydrogen-bond donors (Lipinski definition) is 2. The van der Waals surface area contributed by atoms with E-state index in [2.05, 4.69) is 10.3 Å². The van der Waals surface area contributed by atoms with E-state index in [0.717, 1.165) is 17.0 Å². The number of carbonyl (C=O) groups excluding carboxylic acids is 2. The quantitative estimate of drug-likeness (QED) is 0.741. The SMILES string of the molecule is Cc1ncsc1-c1cc(F)c(CNC(=O)[C@@H]2C[C@@H](O)CN2C(=O)OC(C)(C)C)cc1F. The lowest BCUT2D eigenvalue weighted by Gasteiger charge is -2.27. The molecule has 1 aliphatic rings. The van der Waals surface area contributed by atoms with Crippen LogP contribution in [0.5, 0.6) is 0 Å². The molecule has 1 fully saturated rings. The molecule has 2 N–H and O–H groups in total. The van der Waals surface area contributed by atoms with Crippen molar-refractivity contribution in [1.82, 2.24) is 15.2 Å². The summed E-state index contributed by atoms with van der Waals surface area (Å²) in [6.07, 6.45) is -1.56. The van der Waals surface area contributed by atoms with Crippen LogP contribution in [0, 0.1) is 18.6 Å². The van der Waals surface area contributed by atoms with Crippen LogP contribution in [0.2, 0.25) is 0 Å². The lowest BCUT2D eigenvalue weighted by molar-refractivity contribution is -0.125. The van der Waals surface area contributed by atoms with E-state index in [9.17, 15) is 23.5 Å². The van der Waals surface area contributed by atoms with E-state index in [0.29, 0.717) is 10.6 Å². The summed E-state index contributed by atoms with van der Waals surface area (Å²) in [6, 6.07) is 1.17. The number of ether oxygens (including phenoxy) is 1. The van der Waals surface area contributed by atoms with Gasteiger partial charge < -0.3 is 15.2 Å². The fourth-order valence-corrected chi connectivity index (χ4v) is 4.17. The molecule has 0 bridgehead atoms. The molecule has 2 amide bonds. The van der Waals surface area contributed by atoms with E-state index in [1.165, 1.54) is 11.3 Å². The fourth-order valence-electron chi connectivity index (χ4n) is 3.34. The van der Waals surface area contributed by atoms with Crippen LogP contribution >= 0.6 is 11.3 Å². The van der Waals surface area contributed by atoms with E-state index in [4.69, 9.17) is 4.74 Å². The molecule has 10 heteroatoms. The van der Waals surface area contributed by atoms with Crippen molar-refractivity contribution in [2.45, 2.75) is 58.4 Å². The Labute approximate surface area is 183 Å². The van der Waals surface area contributed by atoms with Crippen molar-refractivity contribution < 1.29 is 28.2 Å². The van der Waals surface area contributed by atoms with Crippen LogP contribution < -0.4 is 5.32 Å². The minimum Gasteiger partial charge on any atom is -0.444 e. The number of hydrogen-bond acceptors (Lipinski definition) is 6. The second-order valence-corrected chi connectivity index (χ2v) is 9.30. The van der Waals surface area contributed by atoms with E-state index in [-0.39, 0.29) is 30.6 Å². The number of nitrogens with one attached hydrogen (secondary N) is 1. The molecule has 1 aromatic heterocycles. The third-order valence-corrected chi connectivity index (χ3v) is 5.75. The minimum absolute atomic E-state index is 0.0286. The summed E-state index contributed by atoms with van der Waals surface area (Å²) in [4.78, 5) is 30.8. The molecule has 0 spiro atoms. The van der Waals surface area contributed by atoms with Crippen LogP contribution in [-0.2, 0) is 16.1 Å². The van der Waals surface area contributed by atoms with Crippen molar-refractivity contribution in [2.75, 3.05) is 6.54 Å². The van der Waals surface area contributed by atoms with Gasteiger partial charge in [0.15, 0.2) is 0 Å².